The molecule has 1 aliphatic carbocycles. The van der Waals surface area contributed by atoms with E-state index in [4.69, 9.17) is 15.7 Å². The molecule has 0 radical (unpaired) electrons. The van der Waals surface area contributed by atoms with E-state index in [0.29, 0.717) is 31.1 Å². The van der Waals surface area contributed by atoms with E-state index in [1.165, 1.54) is 0 Å². The van der Waals surface area contributed by atoms with Gasteiger partial charge in [0.25, 0.3) is 0 Å². The molecule has 1 saturated carbocycles. The summed E-state index contributed by atoms with van der Waals surface area (Å²) in [7, 11) is -3.60. The van der Waals surface area contributed by atoms with Crippen LogP contribution in [0.5, 0.6) is 0 Å². The fourth-order valence-electron chi connectivity index (χ4n) is 5.71. The van der Waals surface area contributed by atoms with E-state index in [-0.39, 0.29) is 12.0 Å². The molecule has 0 bridgehead atoms. The van der Waals surface area contributed by atoms with Crippen molar-refractivity contribution in [3.63, 3.8) is 0 Å². The number of benzene rings is 2. The summed E-state index contributed by atoms with van der Waals surface area (Å²) in [4.78, 5) is 17.1. The maximum Gasteiger partial charge on any atom is 0.243 e. The summed E-state index contributed by atoms with van der Waals surface area (Å²) in [5.74, 6) is 1.09. The lowest BCUT2D eigenvalue weighted by Gasteiger charge is -2.35. The van der Waals surface area contributed by atoms with Crippen molar-refractivity contribution in [2.24, 2.45) is 5.73 Å². The molecule has 3 heterocycles. The second-order valence-electron chi connectivity index (χ2n) is 10.5. The molecule has 10 heteroatoms. The average Bonchev–Trinajstić information content (AvgIpc) is 3.41. The number of piperazine rings is 1. The van der Waals surface area contributed by atoms with Crippen molar-refractivity contribution >= 4 is 26.9 Å². The van der Waals surface area contributed by atoms with Crippen LogP contribution in [0, 0.1) is 0 Å². The molecular weight excluding hydrogens is 510 g/mol. The first-order valence-corrected chi connectivity index (χ1v) is 15.3. The smallest absolute Gasteiger partial charge is 0.243 e. The fraction of sp³-hybridized carbons (Fsp3) is 0.414. The normalized spacial score (nSPS) is 20.9. The second kappa shape index (κ2) is 10.7. The number of fused-ring (bicyclic) bond motifs is 1. The highest BCUT2D eigenvalue weighted by Crippen LogP contribution is 2.34. The zero-order valence-electron chi connectivity index (χ0n) is 22.3. The number of hydrogen-bond acceptors (Lipinski definition) is 7. The number of imidazole rings is 1. The topological polar surface area (TPSA) is 110 Å². The zero-order valence-corrected chi connectivity index (χ0v) is 23.1. The summed E-state index contributed by atoms with van der Waals surface area (Å²) in [6, 6.07) is 17.5. The minimum absolute atomic E-state index is 0.251. The number of anilines is 1. The summed E-state index contributed by atoms with van der Waals surface area (Å²) in [5, 5.41) is 0. The third-order valence-electron chi connectivity index (χ3n) is 8.08. The minimum Gasteiger partial charge on any atom is -0.369 e. The van der Waals surface area contributed by atoms with Gasteiger partial charge >= 0.3 is 0 Å². The number of aromatic nitrogens is 4. The Morgan fingerprint density at radius 3 is 2.26 bits per heavy atom. The Hall–Kier alpha value is -3.34. The van der Waals surface area contributed by atoms with Gasteiger partial charge in [-0.05, 0) is 56.9 Å². The Kier molecular flexibility index (Phi) is 7.09. The molecule has 39 heavy (non-hydrogen) atoms. The van der Waals surface area contributed by atoms with Crippen LogP contribution in [-0.4, -0.2) is 64.5 Å². The van der Waals surface area contributed by atoms with Crippen LogP contribution < -0.4 is 10.6 Å². The molecule has 204 valence electrons. The molecule has 0 amide bonds. The summed E-state index contributed by atoms with van der Waals surface area (Å²) in [5.41, 5.74) is 10.4. The van der Waals surface area contributed by atoms with Gasteiger partial charge in [0.15, 0.2) is 5.65 Å². The molecule has 1 aliphatic heterocycles. The highest BCUT2D eigenvalue weighted by molar-refractivity contribution is 7.89. The Balaban J connectivity index is 1.26. The van der Waals surface area contributed by atoms with Gasteiger partial charge in [-0.2, -0.15) is 4.31 Å². The Labute approximate surface area is 229 Å². The van der Waals surface area contributed by atoms with Crippen molar-refractivity contribution in [2.45, 2.75) is 56.0 Å². The van der Waals surface area contributed by atoms with Gasteiger partial charge in [-0.1, -0.05) is 30.3 Å². The standard InChI is InChI=1S/C29H35N7O2S/c1-2-34-20-31-27-26(32-28(33-29(27)34)22-8-12-23(30)13-9-22)21-10-14-25(15-11-21)39(37,38)36-18-16-35(17-19-36)24-6-4-3-5-7-24/h3-7,10-11,14-15,20,22-23H,2,8-9,12-13,16-19,30H2,1H3. The van der Waals surface area contributed by atoms with Gasteiger partial charge in [0.05, 0.1) is 11.2 Å². The fourth-order valence-corrected chi connectivity index (χ4v) is 7.14. The molecule has 9 nitrogen and oxygen atoms in total. The highest BCUT2D eigenvalue weighted by Gasteiger charge is 2.29. The molecular formula is C29H35N7O2S. The lowest BCUT2D eigenvalue weighted by atomic mass is 9.86. The van der Waals surface area contributed by atoms with E-state index >= 15 is 0 Å². The lowest BCUT2D eigenvalue weighted by molar-refractivity contribution is 0.385. The monoisotopic (exact) mass is 545 g/mol. The first-order chi connectivity index (χ1) is 18.9. The Morgan fingerprint density at radius 1 is 0.897 bits per heavy atom. The third kappa shape index (κ3) is 5.04. The second-order valence-corrected chi connectivity index (χ2v) is 12.4. The van der Waals surface area contributed by atoms with E-state index in [2.05, 4.69) is 28.9 Å². The molecule has 0 spiro atoms. The summed E-state index contributed by atoms with van der Waals surface area (Å²) < 4.78 is 30.6. The molecule has 6 rings (SSSR count). The predicted octanol–water partition coefficient (Wildman–Crippen LogP) is 4.01. The van der Waals surface area contributed by atoms with Gasteiger partial charge in [-0.3, -0.25) is 0 Å². The first-order valence-electron chi connectivity index (χ1n) is 13.8. The van der Waals surface area contributed by atoms with Crippen LogP contribution in [-0.2, 0) is 16.6 Å². The molecule has 0 atom stereocenters. The van der Waals surface area contributed by atoms with E-state index in [1.54, 1.807) is 22.8 Å². The van der Waals surface area contributed by atoms with Crippen molar-refractivity contribution in [1.29, 1.82) is 0 Å². The van der Waals surface area contributed by atoms with Crippen LogP contribution in [0.15, 0.2) is 65.8 Å². The molecule has 2 fully saturated rings. The number of rotatable bonds is 6. The SMILES string of the molecule is CCn1cnc2c(-c3ccc(S(=O)(=O)N4CCN(c5ccccc5)CC4)cc3)nc(C3CCC(N)CC3)nc21. The lowest BCUT2D eigenvalue weighted by Crippen LogP contribution is -2.48. The maximum atomic E-state index is 13.5. The van der Waals surface area contributed by atoms with Gasteiger partial charge in [0.2, 0.25) is 10.0 Å². The molecule has 2 aliphatic rings. The zero-order chi connectivity index (χ0) is 27.0. The van der Waals surface area contributed by atoms with E-state index in [1.807, 2.05) is 34.9 Å². The van der Waals surface area contributed by atoms with Crippen LogP contribution in [0.4, 0.5) is 5.69 Å². The summed E-state index contributed by atoms with van der Waals surface area (Å²) in [6.07, 6.45) is 5.70. The number of aryl methyl sites for hydroxylation is 1. The molecule has 2 aromatic heterocycles. The van der Waals surface area contributed by atoms with Crippen molar-refractivity contribution in [2.75, 3.05) is 31.1 Å². The molecule has 2 N–H and O–H groups in total. The number of nitrogens with zero attached hydrogens (tertiary/aromatic N) is 6. The quantitative estimate of drug-likeness (QED) is 0.390. The van der Waals surface area contributed by atoms with Crippen LogP contribution in [0.1, 0.15) is 44.3 Å². The highest BCUT2D eigenvalue weighted by atomic mass is 32.2. The minimum atomic E-state index is -3.60. The number of sulfonamides is 1. The molecule has 0 unspecified atom stereocenters. The van der Waals surface area contributed by atoms with Gasteiger partial charge in [-0.15, -0.1) is 0 Å². The van der Waals surface area contributed by atoms with Crippen LogP contribution in [0.3, 0.4) is 0 Å². The molecule has 4 aromatic rings. The van der Waals surface area contributed by atoms with Gasteiger partial charge in [0.1, 0.15) is 17.0 Å². The Morgan fingerprint density at radius 2 is 1.59 bits per heavy atom. The first kappa shape index (κ1) is 25.9. The Bertz CT molecular complexity index is 1540. The van der Waals surface area contributed by atoms with Crippen molar-refractivity contribution in [3.8, 4) is 11.3 Å². The van der Waals surface area contributed by atoms with E-state index in [9.17, 15) is 8.42 Å². The average molecular weight is 546 g/mol. The predicted molar refractivity (Wildman–Crippen MR) is 153 cm³/mol. The third-order valence-corrected chi connectivity index (χ3v) is 10.00. The molecule has 1 saturated heterocycles. The van der Waals surface area contributed by atoms with Gasteiger partial charge in [-0.25, -0.2) is 23.4 Å². The van der Waals surface area contributed by atoms with Crippen LogP contribution in [0.2, 0.25) is 0 Å². The summed E-state index contributed by atoms with van der Waals surface area (Å²) >= 11 is 0. The summed E-state index contributed by atoms with van der Waals surface area (Å²) in [6.45, 7) is 5.06. The van der Waals surface area contributed by atoms with E-state index in [0.717, 1.165) is 66.2 Å². The number of nitrogens with two attached hydrogens (primary N) is 1. The largest absolute Gasteiger partial charge is 0.369 e. The van der Waals surface area contributed by atoms with Crippen molar-refractivity contribution < 1.29 is 8.42 Å². The molecule has 2 aromatic carbocycles. The van der Waals surface area contributed by atoms with Crippen LogP contribution >= 0.6 is 0 Å². The van der Waals surface area contributed by atoms with Gasteiger partial charge < -0.3 is 15.2 Å². The number of hydrogen-bond donors (Lipinski definition) is 1. The van der Waals surface area contributed by atoms with Crippen molar-refractivity contribution in [3.05, 3.63) is 66.7 Å². The number of para-hydroxylation sites is 1. The maximum absolute atomic E-state index is 13.5. The van der Waals surface area contributed by atoms with E-state index < -0.39 is 10.0 Å². The van der Waals surface area contributed by atoms with Gasteiger partial charge in [0, 0.05) is 55.9 Å². The van der Waals surface area contributed by atoms with Crippen LogP contribution in [0.25, 0.3) is 22.4 Å². The van der Waals surface area contributed by atoms with Crippen molar-refractivity contribution in [1.82, 2.24) is 23.8 Å².